The summed E-state index contributed by atoms with van der Waals surface area (Å²) >= 11 is 0. The molecule has 0 aliphatic rings. The molecule has 0 aliphatic heterocycles. The molecule has 94 valence electrons. The zero-order valence-electron chi connectivity index (χ0n) is 10.2. The highest BCUT2D eigenvalue weighted by molar-refractivity contribution is 5.80. The highest BCUT2D eigenvalue weighted by atomic mass is 16.5. The Morgan fingerprint density at radius 2 is 2.18 bits per heavy atom. The maximum Gasteiger partial charge on any atom is 0.153 e. The first-order valence-electron chi connectivity index (χ1n) is 5.62. The Labute approximate surface area is 101 Å². The van der Waals surface area contributed by atoms with Gasteiger partial charge in [0.2, 0.25) is 0 Å². The zero-order chi connectivity index (χ0) is 12.7. The van der Waals surface area contributed by atoms with E-state index in [1.807, 2.05) is 19.9 Å². The molecule has 0 amide bonds. The van der Waals surface area contributed by atoms with Crippen molar-refractivity contribution in [1.29, 1.82) is 0 Å². The molecule has 0 aromatic heterocycles. The lowest BCUT2D eigenvalue weighted by atomic mass is 10.1. The van der Waals surface area contributed by atoms with Crippen LogP contribution in [0.25, 0.3) is 0 Å². The summed E-state index contributed by atoms with van der Waals surface area (Å²) < 4.78 is 10.5. The van der Waals surface area contributed by atoms with Gasteiger partial charge in [-0.3, -0.25) is 4.79 Å². The lowest BCUT2D eigenvalue weighted by molar-refractivity contribution is 0.0162. The first kappa shape index (κ1) is 13.7. The van der Waals surface area contributed by atoms with Crippen LogP contribution in [0, 0.1) is 6.92 Å². The second kappa shape index (κ2) is 7.04. The van der Waals surface area contributed by atoms with E-state index in [0.29, 0.717) is 17.9 Å². The number of rotatable bonds is 7. The summed E-state index contributed by atoms with van der Waals surface area (Å²) in [6.45, 7) is 4.63. The quantitative estimate of drug-likeness (QED) is 0.733. The number of aldehydes is 1. The minimum atomic E-state index is -0.686. The van der Waals surface area contributed by atoms with Crippen LogP contribution in [0.2, 0.25) is 0 Å². The van der Waals surface area contributed by atoms with Crippen LogP contribution in [0.1, 0.15) is 22.8 Å². The molecular formula is C13H18O4. The van der Waals surface area contributed by atoms with Gasteiger partial charge in [-0.05, 0) is 25.5 Å². The number of carbonyl (C=O) groups is 1. The van der Waals surface area contributed by atoms with E-state index >= 15 is 0 Å². The number of aliphatic hydroxyl groups excluding tert-OH is 1. The zero-order valence-corrected chi connectivity index (χ0v) is 10.2. The van der Waals surface area contributed by atoms with Gasteiger partial charge in [-0.25, -0.2) is 0 Å². The van der Waals surface area contributed by atoms with Crippen molar-refractivity contribution in [2.24, 2.45) is 0 Å². The van der Waals surface area contributed by atoms with Crippen LogP contribution in [0.3, 0.4) is 0 Å². The van der Waals surface area contributed by atoms with Gasteiger partial charge in [-0.1, -0.05) is 12.1 Å². The molecule has 1 rings (SSSR count). The fraction of sp³-hybridized carbons (Fsp3) is 0.462. The molecule has 1 aromatic carbocycles. The molecule has 0 heterocycles. The second-order valence-electron chi connectivity index (χ2n) is 3.74. The molecule has 0 aliphatic carbocycles. The van der Waals surface area contributed by atoms with Crippen LogP contribution < -0.4 is 4.74 Å². The van der Waals surface area contributed by atoms with Crippen LogP contribution >= 0.6 is 0 Å². The summed E-state index contributed by atoms with van der Waals surface area (Å²) in [5.74, 6) is 0.526. The van der Waals surface area contributed by atoms with Crippen LogP contribution in [-0.4, -0.2) is 37.3 Å². The second-order valence-corrected chi connectivity index (χ2v) is 3.74. The Morgan fingerprint density at radius 3 is 2.82 bits per heavy atom. The summed E-state index contributed by atoms with van der Waals surface area (Å²) in [5, 5.41) is 9.56. The largest absolute Gasteiger partial charge is 0.490 e. The summed E-state index contributed by atoms with van der Waals surface area (Å²) in [6, 6.07) is 5.34. The standard InChI is InChI=1S/C13H18O4/c1-3-16-8-12(15)9-17-13-10(2)5-4-6-11(13)7-14/h4-7,12,15H,3,8-9H2,1-2H3. The van der Waals surface area contributed by atoms with Crippen molar-refractivity contribution < 1.29 is 19.4 Å². The Kier molecular flexibility index (Phi) is 5.66. The van der Waals surface area contributed by atoms with Gasteiger partial charge >= 0.3 is 0 Å². The van der Waals surface area contributed by atoms with Crippen molar-refractivity contribution in [2.45, 2.75) is 20.0 Å². The number of para-hydroxylation sites is 1. The molecule has 0 fully saturated rings. The first-order chi connectivity index (χ1) is 8.19. The summed E-state index contributed by atoms with van der Waals surface area (Å²) in [5.41, 5.74) is 1.37. The predicted molar refractivity (Wildman–Crippen MR) is 64.6 cm³/mol. The predicted octanol–water partition coefficient (Wildman–Crippen LogP) is 1.58. The summed E-state index contributed by atoms with van der Waals surface area (Å²) in [7, 11) is 0. The third kappa shape index (κ3) is 4.17. The highest BCUT2D eigenvalue weighted by Gasteiger charge is 2.09. The molecule has 0 radical (unpaired) electrons. The Bertz CT molecular complexity index is 362. The van der Waals surface area contributed by atoms with E-state index in [1.54, 1.807) is 12.1 Å². The van der Waals surface area contributed by atoms with E-state index in [0.717, 1.165) is 11.8 Å². The Balaban J connectivity index is 2.59. The van der Waals surface area contributed by atoms with Crippen molar-refractivity contribution in [3.05, 3.63) is 29.3 Å². The van der Waals surface area contributed by atoms with Gasteiger partial charge < -0.3 is 14.6 Å². The summed E-state index contributed by atoms with van der Waals surface area (Å²) in [4.78, 5) is 10.8. The molecule has 1 atom stereocenters. The summed E-state index contributed by atoms with van der Waals surface area (Å²) in [6.07, 6.45) is 0.0612. The fourth-order valence-electron chi connectivity index (χ4n) is 1.45. The number of benzene rings is 1. The molecule has 1 unspecified atom stereocenters. The lowest BCUT2D eigenvalue weighted by Gasteiger charge is -2.14. The molecule has 4 nitrogen and oxygen atoms in total. The molecule has 0 bridgehead atoms. The van der Waals surface area contributed by atoms with E-state index in [-0.39, 0.29) is 13.2 Å². The number of ether oxygens (including phenoxy) is 2. The average Bonchev–Trinajstić information content (AvgIpc) is 2.34. The van der Waals surface area contributed by atoms with Gasteiger partial charge in [-0.15, -0.1) is 0 Å². The SMILES string of the molecule is CCOCC(O)COc1c(C)cccc1C=O. The molecule has 0 saturated carbocycles. The van der Waals surface area contributed by atoms with Gasteiger partial charge in [-0.2, -0.15) is 0 Å². The van der Waals surface area contributed by atoms with Crippen LogP contribution in [0.5, 0.6) is 5.75 Å². The van der Waals surface area contributed by atoms with Gasteiger partial charge in [0.25, 0.3) is 0 Å². The normalized spacial score (nSPS) is 12.2. The molecule has 17 heavy (non-hydrogen) atoms. The third-order valence-corrected chi connectivity index (χ3v) is 2.30. The minimum Gasteiger partial charge on any atom is -0.490 e. The number of hydrogen-bond acceptors (Lipinski definition) is 4. The fourth-order valence-corrected chi connectivity index (χ4v) is 1.45. The number of hydrogen-bond donors (Lipinski definition) is 1. The number of carbonyl (C=O) groups excluding carboxylic acids is 1. The highest BCUT2D eigenvalue weighted by Crippen LogP contribution is 2.21. The molecular weight excluding hydrogens is 220 g/mol. The van der Waals surface area contributed by atoms with Crippen LogP contribution in [-0.2, 0) is 4.74 Å². The van der Waals surface area contributed by atoms with E-state index < -0.39 is 6.10 Å². The van der Waals surface area contributed by atoms with Gasteiger partial charge in [0.05, 0.1) is 12.2 Å². The van der Waals surface area contributed by atoms with E-state index in [4.69, 9.17) is 9.47 Å². The smallest absolute Gasteiger partial charge is 0.153 e. The number of aliphatic hydroxyl groups is 1. The van der Waals surface area contributed by atoms with Crippen molar-refractivity contribution in [3.8, 4) is 5.75 Å². The molecule has 1 aromatic rings. The van der Waals surface area contributed by atoms with E-state index in [1.165, 1.54) is 0 Å². The molecule has 1 N–H and O–H groups in total. The van der Waals surface area contributed by atoms with Crippen molar-refractivity contribution >= 4 is 6.29 Å². The van der Waals surface area contributed by atoms with E-state index in [9.17, 15) is 9.90 Å². The van der Waals surface area contributed by atoms with Crippen molar-refractivity contribution in [3.63, 3.8) is 0 Å². The topological polar surface area (TPSA) is 55.8 Å². The average molecular weight is 238 g/mol. The van der Waals surface area contributed by atoms with E-state index in [2.05, 4.69) is 0 Å². The lowest BCUT2D eigenvalue weighted by Crippen LogP contribution is -2.23. The number of aryl methyl sites for hydroxylation is 1. The molecule has 0 saturated heterocycles. The minimum absolute atomic E-state index is 0.117. The Hall–Kier alpha value is -1.39. The van der Waals surface area contributed by atoms with Crippen molar-refractivity contribution in [2.75, 3.05) is 19.8 Å². The van der Waals surface area contributed by atoms with Gasteiger partial charge in [0.15, 0.2) is 6.29 Å². The monoisotopic (exact) mass is 238 g/mol. The first-order valence-corrected chi connectivity index (χ1v) is 5.62. The van der Waals surface area contributed by atoms with Crippen LogP contribution in [0.15, 0.2) is 18.2 Å². The van der Waals surface area contributed by atoms with Gasteiger partial charge in [0, 0.05) is 6.61 Å². The molecule has 0 spiro atoms. The third-order valence-electron chi connectivity index (χ3n) is 2.30. The van der Waals surface area contributed by atoms with Gasteiger partial charge in [0.1, 0.15) is 18.5 Å². The maximum absolute atomic E-state index is 10.8. The maximum atomic E-state index is 10.8. The van der Waals surface area contributed by atoms with Crippen molar-refractivity contribution in [1.82, 2.24) is 0 Å². The van der Waals surface area contributed by atoms with Crippen LogP contribution in [0.4, 0.5) is 0 Å². The molecule has 4 heteroatoms. The Morgan fingerprint density at radius 1 is 1.41 bits per heavy atom.